The maximum Gasteiger partial charge on any atom is 0.333 e. The number of halogens is 2. The van der Waals surface area contributed by atoms with Crippen LogP contribution in [0.2, 0.25) is 0 Å². The van der Waals surface area contributed by atoms with Crippen molar-refractivity contribution in [2.24, 2.45) is 5.92 Å². The van der Waals surface area contributed by atoms with E-state index in [9.17, 15) is 17.2 Å². The van der Waals surface area contributed by atoms with Gasteiger partial charge in [-0.1, -0.05) is 6.92 Å². The van der Waals surface area contributed by atoms with Crippen molar-refractivity contribution in [1.29, 1.82) is 0 Å². The fourth-order valence-electron chi connectivity index (χ4n) is 2.50. The topological polar surface area (TPSA) is 81.8 Å². The molecule has 0 saturated carbocycles. The van der Waals surface area contributed by atoms with Gasteiger partial charge in [0.1, 0.15) is 4.90 Å². The third-order valence-corrected chi connectivity index (χ3v) is 5.28. The van der Waals surface area contributed by atoms with Gasteiger partial charge < -0.3 is 0 Å². The molecule has 10 heteroatoms. The van der Waals surface area contributed by atoms with Crippen molar-refractivity contribution in [2.75, 3.05) is 6.54 Å². The molecule has 0 aliphatic carbocycles. The van der Waals surface area contributed by atoms with Crippen molar-refractivity contribution >= 4 is 10.0 Å². The first kappa shape index (κ1) is 18.5. The molecule has 7 nitrogen and oxygen atoms in total. The molecular formula is C14H21F2N5O2S. The second kappa shape index (κ2) is 6.98. The van der Waals surface area contributed by atoms with E-state index in [2.05, 4.69) is 14.9 Å². The van der Waals surface area contributed by atoms with E-state index in [1.54, 1.807) is 4.68 Å². The lowest BCUT2D eigenvalue weighted by Crippen LogP contribution is -2.31. The molecule has 2 rings (SSSR count). The number of rotatable bonds is 7. The SMILES string of the molecule is Cc1ccn(C[C@@H](C)CNS(=O)(=O)c2c(C)nn(C(F)F)c2C)n1. The molecule has 1 N–H and O–H groups in total. The molecule has 0 aliphatic heterocycles. The Balaban J connectivity index is 2.09. The van der Waals surface area contributed by atoms with Gasteiger partial charge in [-0.25, -0.2) is 17.8 Å². The molecule has 0 bridgehead atoms. The first-order chi connectivity index (χ1) is 11.1. The van der Waals surface area contributed by atoms with Crippen molar-refractivity contribution in [1.82, 2.24) is 24.3 Å². The summed E-state index contributed by atoms with van der Waals surface area (Å²) < 4.78 is 55.2. The highest BCUT2D eigenvalue weighted by atomic mass is 32.2. The normalized spacial score (nSPS) is 13.6. The summed E-state index contributed by atoms with van der Waals surface area (Å²) in [6.45, 7) is 4.30. The number of aromatic nitrogens is 4. The number of sulfonamides is 1. The molecular weight excluding hydrogens is 340 g/mol. The van der Waals surface area contributed by atoms with Crippen LogP contribution in [0, 0.1) is 26.7 Å². The monoisotopic (exact) mass is 361 g/mol. The lowest BCUT2D eigenvalue weighted by molar-refractivity contribution is 0.0538. The Morgan fingerprint density at radius 3 is 2.42 bits per heavy atom. The number of nitrogens with zero attached hydrogens (tertiary/aromatic N) is 4. The fraction of sp³-hybridized carbons (Fsp3) is 0.571. The summed E-state index contributed by atoms with van der Waals surface area (Å²) in [7, 11) is -3.91. The number of aryl methyl sites for hydroxylation is 2. The summed E-state index contributed by atoms with van der Waals surface area (Å²) in [6.07, 6.45) is 1.82. The van der Waals surface area contributed by atoms with Gasteiger partial charge in [0.25, 0.3) is 0 Å². The van der Waals surface area contributed by atoms with Gasteiger partial charge in [-0.05, 0) is 32.8 Å². The van der Waals surface area contributed by atoms with Gasteiger partial charge >= 0.3 is 6.55 Å². The minimum atomic E-state index is -3.91. The molecule has 0 amide bonds. The standard InChI is InChI=1S/C14H21F2N5O2S/c1-9(8-20-6-5-10(2)18-20)7-17-24(22,23)13-11(3)19-21(12(13)4)14(15)16/h5-6,9,14,17H,7-8H2,1-4H3/t9-/m0/s1. The zero-order valence-electron chi connectivity index (χ0n) is 14.0. The predicted octanol–water partition coefficient (Wildman–Crippen LogP) is 2.01. The van der Waals surface area contributed by atoms with Crippen LogP contribution < -0.4 is 4.72 Å². The number of hydrogen-bond donors (Lipinski definition) is 1. The average molecular weight is 361 g/mol. The van der Waals surface area contributed by atoms with E-state index in [-0.39, 0.29) is 28.7 Å². The van der Waals surface area contributed by atoms with Gasteiger partial charge in [-0.15, -0.1) is 0 Å². The lowest BCUT2D eigenvalue weighted by Gasteiger charge is -2.13. The highest BCUT2D eigenvalue weighted by Crippen LogP contribution is 2.23. The van der Waals surface area contributed by atoms with Gasteiger partial charge in [-0.2, -0.15) is 19.0 Å². The van der Waals surface area contributed by atoms with Gasteiger partial charge in [0.05, 0.1) is 17.1 Å². The van der Waals surface area contributed by atoms with Crippen LogP contribution in [0.5, 0.6) is 0 Å². The van der Waals surface area contributed by atoms with Crippen molar-refractivity contribution in [2.45, 2.75) is 45.7 Å². The highest BCUT2D eigenvalue weighted by Gasteiger charge is 2.27. The summed E-state index contributed by atoms with van der Waals surface area (Å²) in [4.78, 5) is -0.190. The van der Waals surface area contributed by atoms with Crippen LogP contribution in [0.4, 0.5) is 8.78 Å². The average Bonchev–Trinajstić information content (AvgIpc) is 3.00. The largest absolute Gasteiger partial charge is 0.333 e. The van der Waals surface area contributed by atoms with Crippen LogP contribution in [0.3, 0.4) is 0 Å². The maximum absolute atomic E-state index is 12.8. The summed E-state index contributed by atoms with van der Waals surface area (Å²) >= 11 is 0. The third kappa shape index (κ3) is 3.99. The van der Waals surface area contributed by atoms with Crippen LogP contribution in [-0.2, 0) is 16.6 Å². The van der Waals surface area contributed by atoms with E-state index in [1.165, 1.54) is 13.8 Å². The molecule has 134 valence electrons. The van der Waals surface area contributed by atoms with Gasteiger partial charge in [0.15, 0.2) is 0 Å². The summed E-state index contributed by atoms with van der Waals surface area (Å²) in [5.74, 6) is -0.0233. The second-order valence-electron chi connectivity index (χ2n) is 5.86. The first-order valence-electron chi connectivity index (χ1n) is 7.45. The van der Waals surface area contributed by atoms with Gasteiger partial charge in [-0.3, -0.25) is 4.68 Å². The number of alkyl halides is 2. The number of nitrogens with one attached hydrogen (secondary N) is 1. The first-order valence-corrected chi connectivity index (χ1v) is 8.93. The van der Waals surface area contributed by atoms with Crippen molar-refractivity contribution in [3.8, 4) is 0 Å². The Hall–Kier alpha value is -1.81. The van der Waals surface area contributed by atoms with Crippen molar-refractivity contribution in [3.05, 3.63) is 29.3 Å². The summed E-state index contributed by atoms with van der Waals surface area (Å²) in [5.41, 5.74) is 0.856. The van der Waals surface area contributed by atoms with E-state index in [0.29, 0.717) is 11.2 Å². The van der Waals surface area contributed by atoms with E-state index in [0.717, 1.165) is 5.69 Å². The molecule has 2 aromatic rings. The van der Waals surface area contributed by atoms with E-state index in [4.69, 9.17) is 0 Å². The van der Waals surface area contributed by atoms with Gasteiger partial charge in [0.2, 0.25) is 10.0 Å². The molecule has 0 saturated heterocycles. The summed E-state index contributed by atoms with van der Waals surface area (Å²) in [5, 5.41) is 7.85. The zero-order valence-corrected chi connectivity index (χ0v) is 14.8. The van der Waals surface area contributed by atoms with Crippen LogP contribution >= 0.6 is 0 Å². The molecule has 0 spiro atoms. The fourth-order valence-corrected chi connectivity index (χ4v) is 4.06. The van der Waals surface area contributed by atoms with E-state index < -0.39 is 16.6 Å². The smallest absolute Gasteiger partial charge is 0.272 e. The quantitative estimate of drug-likeness (QED) is 0.818. The van der Waals surface area contributed by atoms with E-state index in [1.807, 2.05) is 26.1 Å². The molecule has 0 fully saturated rings. The number of hydrogen-bond acceptors (Lipinski definition) is 4. The van der Waals surface area contributed by atoms with Crippen LogP contribution in [0.25, 0.3) is 0 Å². The predicted molar refractivity (Wildman–Crippen MR) is 84.3 cm³/mol. The minimum Gasteiger partial charge on any atom is -0.272 e. The van der Waals surface area contributed by atoms with Gasteiger partial charge in [0, 0.05) is 19.3 Å². The third-order valence-electron chi connectivity index (χ3n) is 3.61. The molecule has 0 radical (unpaired) electrons. The molecule has 24 heavy (non-hydrogen) atoms. The summed E-state index contributed by atoms with van der Waals surface area (Å²) in [6, 6.07) is 1.86. The van der Waals surface area contributed by atoms with E-state index >= 15 is 0 Å². The highest BCUT2D eigenvalue weighted by molar-refractivity contribution is 7.89. The van der Waals surface area contributed by atoms with Crippen molar-refractivity contribution in [3.63, 3.8) is 0 Å². The minimum absolute atomic E-state index is 0.0233. The second-order valence-corrected chi connectivity index (χ2v) is 7.56. The molecule has 2 aromatic heterocycles. The van der Waals surface area contributed by atoms with Crippen LogP contribution in [-0.4, -0.2) is 34.5 Å². The Morgan fingerprint density at radius 1 is 1.25 bits per heavy atom. The van der Waals surface area contributed by atoms with Crippen LogP contribution in [0.1, 0.15) is 30.6 Å². The Bertz CT molecular complexity index is 813. The Labute approximate surface area is 139 Å². The zero-order chi connectivity index (χ0) is 18.1. The van der Waals surface area contributed by atoms with Crippen LogP contribution in [0.15, 0.2) is 17.2 Å². The molecule has 2 heterocycles. The molecule has 0 aliphatic rings. The van der Waals surface area contributed by atoms with Crippen molar-refractivity contribution < 1.29 is 17.2 Å². The molecule has 0 unspecified atom stereocenters. The lowest BCUT2D eigenvalue weighted by atomic mass is 10.2. The Morgan fingerprint density at radius 2 is 1.92 bits per heavy atom. The Kier molecular flexibility index (Phi) is 5.38. The molecule has 0 aromatic carbocycles. The maximum atomic E-state index is 12.8. The molecule has 1 atom stereocenters.